The molecular formula is C19H26N2O5. The van der Waals surface area contributed by atoms with Crippen LogP contribution in [-0.2, 0) is 25.6 Å². The predicted molar refractivity (Wildman–Crippen MR) is 96.6 cm³/mol. The summed E-state index contributed by atoms with van der Waals surface area (Å²) in [5, 5.41) is 2.70. The summed E-state index contributed by atoms with van der Waals surface area (Å²) in [6.07, 6.45) is -0.364. The largest absolute Gasteiger partial charge is 0.469 e. The van der Waals surface area contributed by atoms with Gasteiger partial charge in [0, 0.05) is 25.2 Å². The van der Waals surface area contributed by atoms with Gasteiger partial charge in [0.15, 0.2) is 0 Å². The van der Waals surface area contributed by atoms with E-state index in [0.717, 1.165) is 11.1 Å². The summed E-state index contributed by atoms with van der Waals surface area (Å²) in [5.74, 6) is -0.862. The molecule has 1 N–H and O–H groups in total. The average molecular weight is 362 g/mol. The van der Waals surface area contributed by atoms with Crippen molar-refractivity contribution in [1.29, 1.82) is 0 Å². The molecule has 0 aliphatic carbocycles. The summed E-state index contributed by atoms with van der Waals surface area (Å²) in [6.45, 7) is 8.04. The highest BCUT2D eigenvalue weighted by Gasteiger charge is 2.35. The van der Waals surface area contributed by atoms with E-state index < -0.39 is 17.6 Å². The van der Waals surface area contributed by atoms with E-state index in [1.54, 1.807) is 31.7 Å². The van der Waals surface area contributed by atoms with Crippen molar-refractivity contribution in [2.75, 3.05) is 19.0 Å². The molecule has 1 fully saturated rings. The Balaban J connectivity index is 2.07. The number of ether oxygens (including phenoxy) is 2. The van der Waals surface area contributed by atoms with Crippen molar-refractivity contribution >= 4 is 23.7 Å². The first-order valence-corrected chi connectivity index (χ1v) is 8.54. The molecule has 1 saturated heterocycles. The van der Waals surface area contributed by atoms with Gasteiger partial charge >= 0.3 is 12.1 Å². The van der Waals surface area contributed by atoms with Gasteiger partial charge in [-0.3, -0.25) is 14.9 Å². The number of carbonyl (C=O) groups excluding carboxylic acids is 3. The van der Waals surface area contributed by atoms with Gasteiger partial charge in [-0.25, -0.2) is 4.79 Å². The van der Waals surface area contributed by atoms with Crippen LogP contribution in [0.1, 0.15) is 38.3 Å². The molecule has 1 heterocycles. The van der Waals surface area contributed by atoms with Crippen molar-refractivity contribution < 1.29 is 23.9 Å². The number of methoxy groups -OCH3 is 1. The molecule has 1 atom stereocenters. The summed E-state index contributed by atoms with van der Waals surface area (Å²) < 4.78 is 9.98. The Kier molecular flexibility index (Phi) is 5.90. The van der Waals surface area contributed by atoms with Crippen LogP contribution in [0.25, 0.3) is 0 Å². The number of esters is 1. The molecule has 0 bridgehead atoms. The number of hydrogen-bond donors (Lipinski definition) is 1. The lowest BCUT2D eigenvalue weighted by molar-refractivity contribution is -0.145. The first kappa shape index (κ1) is 19.8. The summed E-state index contributed by atoms with van der Waals surface area (Å²) in [4.78, 5) is 37.4. The number of amides is 2. The number of anilines is 1. The van der Waals surface area contributed by atoms with Crippen LogP contribution in [0.3, 0.4) is 0 Å². The molecule has 2 amide bonds. The molecule has 142 valence electrons. The number of likely N-dealkylation sites (tertiary alicyclic amines) is 1. The van der Waals surface area contributed by atoms with Crippen molar-refractivity contribution in [2.45, 2.75) is 46.3 Å². The van der Waals surface area contributed by atoms with Crippen molar-refractivity contribution in [3.05, 3.63) is 29.3 Å². The van der Waals surface area contributed by atoms with Gasteiger partial charge in [-0.1, -0.05) is 6.07 Å². The molecule has 7 nitrogen and oxygen atoms in total. The maximum absolute atomic E-state index is 12.2. The summed E-state index contributed by atoms with van der Waals surface area (Å²) in [7, 11) is 1.32. The van der Waals surface area contributed by atoms with Crippen LogP contribution in [0.2, 0.25) is 0 Å². The molecular weight excluding hydrogens is 336 g/mol. The van der Waals surface area contributed by atoms with Gasteiger partial charge in [0.25, 0.3) is 0 Å². The number of benzene rings is 1. The Labute approximate surface area is 153 Å². The Morgan fingerprint density at radius 2 is 2.00 bits per heavy atom. The third-order valence-corrected chi connectivity index (χ3v) is 4.10. The van der Waals surface area contributed by atoms with Gasteiger partial charge in [-0.15, -0.1) is 0 Å². The van der Waals surface area contributed by atoms with Gasteiger partial charge in [-0.05, 0) is 51.0 Å². The molecule has 1 aliphatic heterocycles. The van der Waals surface area contributed by atoms with Gasteiger partial charge in [-0.2, -0.15) is 0 Å². The second-order valence-corrected chi connectivity index (χ2v) is 7.47. The minimum atomic E-state index is -0.581. The van der Waals surface area contributed by atoms with Gasteiger partial charge in [0.05, 0.1) is 13.0 Å². The van der Waals surface area contributed by atoms with E-state index in [4.69, 9.17) is 9.47 Å². The number of hydrogen-bond acceptors (Lipinski definition) is 5. The fraction of sp³-hybridized carbons (Fsp3) is 0.526. The Hall–Kier alpha value is -2.57. The Morgan fingerprint density at radius 1 is 1.31 bits per heavy atom. The van der Waals surface area contributed by atoms with Crippen LogP contribution in [0.15, 0.2) is 18.2 Å². The molecule has 0 spiro atoms. The molecule has 26 heavy (non-hydrogen) atoms. The zero-order valence-corrected chi connectivity index (χ0v) is 15.9. The van der Waals surface area contributed by atoms with Crippen LogP contribution in [0, 0.1) is 12.8 Å². The molecule has 1 aliphatic rings. The summed E-state index contributed by atoms with van der Waals surface area (Å²) in [5.41, 5.74) is 1.91. The molecule has 1 unspecified atom stereocenters. The minimum absolute atomic E-state index is 0.0784. The van der Waals surface area contributed by atoms with Crippen molar-refractivity contribution in [1.82, 2.24) is 4.90 Å². The highest BCUT2D eigenvalue weighted by Crippen LogP contribution is 2.24. The fourth-order valence-corrected chi connectivity index (χ4v) is 2.80. The number of aryl methyl sites for hydroxylation is 1. The monoisotopic (exact) mass is 362 g/mol. The third kappa shape index (κ3) is 5.21. The zero-order chi connectivity index (χ0) is 19.5. The highest BCUT2D eigenvalue weighted by atomic mass is 16.6. The Bertz CT molecular complexity index is 708. The van der Waals surface area contributed by atoms with Crippen molar-refractivity contribution in [3.8, 4) is 0 Å². The SMILES string of the molecule is COC(=O)C1CC(=O)N(Cc2cc(NC(=O)OC(C)(C)C)ccc2C)C1. The lowest BCUT2D eigenvalue weighted by Gasteiger charge is -2.21. The lowest BCUT2D eigenvalue weighted by atomic mass is 10.1. The number of nitrogens with one attached hydrogen (secondary N) is 1. The molecule has 0 saturated carbocycles. The topological polar surface area (TPSA) is 84.9 Å². The molecule has 1 aromatic carbocycles. The molecule has 1 aromatic rings. The number of rotatable bonds is 4. The third-order valence-electron chi connectivity index (χ3n) is 4.10. The summed E-state index contributed by atoms with van der Waals surface area (Å²) >= 11 is 0. The van der Waals surface area contributed by atoms with E-state index in [9.17, 15) is 14.4 Å². The number of carbonyl (C=O) groups is 3. The first-order chi connectivity index (χ1) is 12.1. The van der Waals surface area contributed by atoms with E-state index in [1.165, 1.54) is 7.11 Å². The minimum Gasteiger partial charge on any atom is -0.469 e. The molecule has 7 heteroatoms. The Morgan fingerprint density at radius 3 is 2.62 bits per heavy atom. The quantitative estimate of drug-likeness (QED) is 0.833. The van der Waals surface area contributed by atoms with E-state index in [0.29, 0.717) is 18.8 Å². The van der Waals surface area contributed by atoms with Crippen molar-refractivity contribution in [2.24, 2.45) is 5.92 Å². The molecule has 0 aromatic heterocycles. The van der Waals surface area contributed by atoms with Crippen LogP contribution in [0.4, 0.5) is 10.5 Å². The predicted octanol–water partition coefficient (Wildman–Crippen LogP) is 2.86. The van der Waals surface area contributed by atoms with Crippen LogP contribution < -0.4 is 5.32 Å². The van der Waals surface area contributed by atoms with Crippen LogP contribution in [-0.4, -0.2) is 42.1 Å². The second kappa shape index (κ2) is 7.76. The highest BCUT2D eigenvalue weighted by molar-refractivity contribution is 5.87. The average Bonchev–Trinajstić information content (AvgIpc) is 2.89. The molecule has 2 rings (SSSR count). The first-order valence-electron chi connectivity index (χ1n) is 8.54. The van der Waals surface area contributed by atoms with Crippen molar-refractivity contribution in [3.63, 3.8) is 0 Å². The maximum Gasteiger partial charge on any atom is 0.412 e. The number of nitrogens with zero attached hydrogens (tertiary/aromatic N) is 1. The van der Waals surface area contributed by atoms with E-state index in [1.807, 2.05) is 19.1 Å². The van der Waals surface area contributed by atoms with Crippen LogP contribution >= 0.6 is 0 Å². The normalized spacial score (nSPS) is 17.2. The van der Waals surface area contributed by atoms with E-state index in [-0.39, 0.29) is 18.3 Å². The standard InChI is InChI=1S/C19H26N2O5/c1-12-6-7-15(20-18(24)26-19(2,3)4)8-13(12)10-21-11-14(9-16(21)22)17(23)25-5/h6-8,14H,9-11H2,1-5H3,(H,20,24). The second-order valence-electron chi connectivity index (χ2n) is 7.47. The van der Waals surface area contributed by atoms with Gasteiger partial charge < -0.3 is 14.4 Å². The van der Waals surface area contributed by atoms with Gasteiger partial charge in [0.2, 0.25) is 5.91 Å². The van der Waals surface area contributed by atoms with Crippen LogP contribution in [0.5, 0.6) is 0 Å². The van der Waals surface area contributed by atoms with E-state index >= 15 is 0 Å². The zero-order valence-electron chi connectivity index (χ0n) is 15.9. The van der Waals surface area contributed by atoms with E-state index in [2.05, 4.69) is 5.32 Å². The summed E-state index contributed by atoms with van der Waals surface area (Å²) in [6, 6.07) is 5.48. The lowest BCUT2D eigenvalue weighted by Crippen LogP contribution is -2.28. The smallest absolute Gasteiger partial charge is 0.412 e. The van der Waals surface area contributed by atoms with Gasteiger partial charge in [0.1, 0.15) is 5.60 Å². The molecule has 0 radical (unpaired) electrons. The fourth-order valence-electron chi connectivity index (χ4n) is 2.80. The maximum atomic E-state index is 12.2.